The maximum atomic E-state index is 14.7. The maximum Gasteiger partial charge on any atom is 0.343 e. The molecule has 0 aliphatic carbocycles. The third-order valence-corrected chi connectivity index (χ3v) is 4.68. The van der Waals surface area contributed by atoms with Crippen LogP contribution in [0.1, 0.15) is 20.7 Å². The lowest BCUT2D eigenvalue weighted by molar-refractivity contribution is 0.0719. The van der Waals surface area contributed by atoms with Crippen LogP contribution in [0.5, 0.6) is 11.5 Å². The Labute approximate surface area is 187 Å². The van der Waals surface area contributed by atoms with E-state index in [4.69, 9.17) is 9.47 Å². The van der Waals surface area contributed by atoms with Gasteiger partial charge in [0.1, 0.15) is 5.75 Å². The summed E-state index contributed by atoms with van der Waals surface area (Å²) in [5, 5.41) is -0.305. The Morgan fingerprint density at radius 1 is 0.559 bits per heavy atom. The van der Waals surface area contributed by atoms with Crippen molar-refractivity contribution in [1.29, 1.82) is 0 Å². The first-order chi connectivity index (χ1) is 16.1. The first-order valence-electron chi connectivity index (χ1n) is 9.40. The molecular weight excluding hydrogens is 466 g/mol. The fourth-order valence-electron chi connectivity index (χ4n) is 2.99. The van der Waals surface area contributed by atoms with Crippen LogP contribution in [0.4, 0.5) is 26.3 Å². The van der Waals surface area contributed by atoms with Crippen molar-refractivity contribution in [2.45, 2.75) is 0 Å². The largest absolute Gasteiger partial charge is 0.423 e. The number of rotatable bonds is 4. The molecule has 0 spiro atoms. The molecule has 0 amide bonds. The molecule has 10 heteroatoms. The molecule has 0 saturated heterocycles. The van der Waals surface area contributed by atoms with Crippen LogP contribution in [0.15, 0.2) is 60.7 Å². The predicted octanol–water partition coefficient (Wildman–Crippen LogP) is 6.11. The lowest BCUT2D eigenvalue weighted by Crippen LogP contribution is -2.11. The van der Waals surface area contributed by atoms with Crippen LogP contribution in [0.25, 0.3) is 10.8 Å². The molecule has 0 fully saturated rings. The maximum absolute atomic E-state index is 14.7. The molecule has 0 heterocycles. The Hall–Kier alpha value is -4.34. The fourth-order valence-corrected chi connectivity index (χ4v) is 2.99. The Kier molecular flexibility index (Phi) is 5.97. The minimum atomic E-state index is -1.56. The molecule has 4 aromatic carbocycles. The van der Waals surface area contributed by atoms with Gasteiger partial charge < -0.3 is 9.47 Å². The molecule has 0 aliphatic rings. The Bertz CT molecular complexity index is 1470. The molecular formula is C24H10F6O4. The minimum absolute atomic E-state index is 0.0413. The molecule has 0 unspecified atom stereocenters. The highest BCUT2D eigenvalue weighted by molar-refractivity contribution is 5.94. The molecule has 0 bridgehead atoms. The van der Waals surface area contributed by atoms with Gasteiger partial charge in [0.2, 0.25) is 5.82 Å². The number of benzene rings is 4. The van der Waals surface area contributed by atoms with E-state index < -0.39 is 58.2 Å². The van der Waals surface area contributed by atoms with E-state index in [9.17, 15) is 35.9 Å². The third kappa shape index (κ3) is 4.42. The zero-order valence-electron chi connectivity index (χ0n) is 16.7. The standard InChI is InChI=1S/C24H10F6O4/c25-16-5-2-12(7-18(16)27)23(31)33-14-4-1-11-9-20(22(30)21(29)15(11)10-14)34-24(32)13-3-6-17(26)19(28)8-13/h1-10H. The summed E-state index contributed by atoms with van der Waals surface area (Å²) in [5.41, 5.74) is -0.747. The number of carbonyl (C=O) groups excluding carboxylic acids is 2. The van der Waals surface area contributed by atoms with Crippen molar-refractivity contribution in [1.82, 2.24) is 0 Å². The highest BCUT2D eigenvalue weighted by Crippen LogP contribution is 2.32. The minimum Gasteiger partial charge on any atom is -0.423 e. The van der Waals surface area contributed by atoms with Gasteiger partial charge in [-0.25, -0.2) is 31.5 Å². The molecule has 4 rings (SSSR count). The van der Waals surface area contributed by atoms with Gasteiger partial charge in [0.05, 0.1) is 11.1 Å². The summed E-state index contributed by atoms with van der Waals surface area (Å²) < 4.78 is 91.6. The number of hydrogen-bond donors (Lipinski definition) is 0. The highest BCUT2D eigenvalue weighted by Gasteiger charge is 2.20. The smallest absolute Gasteiger partial charge is 0.343 e. The Morgan fingerprint density at radius 3 is 1.68 bits per heavy atom. The van der Waals surface area contributed by atoms with Gasteiger partial charge in [0, 0.05) is 5.39 Å². The van der Waals surface area contributed by atoms with Crippen molar-refractivity contribution >= 4 is 22.7 Å². The SMILES string of the molecule is O=C(Oc1ccc2cc(OC(=O)c3ccc(F)c(F)c3)c(F)c(F)c2c1)c1ccc(F)c(F)c1. The van der Waals surface area contributed by atoms with Crippen molar-refractivity contribution < 1.29 is 45.4 Å². The number of esters is 2. The highest BCUT2D eigenvalue weighted by atomic mass is 19.2. The van der Waals surface area contributed by atoms with Gasteiger partial charge in [-0.15, -0.1) is 0 Å². The molecule has 0 N–H and O–H groups in total. The summed E-state index contributed by atoms with van der Waals surface area (Å²) in [6, 6.07) is 8.83. The number of fused-ring (bicyclic) bond motifs is 1. The van der Waals surface area contributed by atoms with Gasteiger partial charge in [-0.2, -0.15) is 4.39 Å². The monoisotopic (exact) mass is 476 g/mol. The van der Waals surface area contributed by atoms with Crippen LogP contribution >= 0.6 is 0 Å². The molecule has 0 saturated carbocycles. The van der Waals surface area contributed by atoms with Crippen molar-refractivity contribution in [3.63, 3.8) is 0 Å². The second-order valence-corrected chi connectivity index (χ2v) is 6.92. The van der Waals surface area contributed by atoms with Crippen molar-refractivity contribution in [3.8, 4) is 11.5 Å². The fraction of sp³-hybridized carbons (Fsp3) is 0. The van der Waals surface area contributed by atoms with Gasteiger partial charge in [0.15, 0.2) is 34.8 Å². The first kappa shape index (κ1) is 22.8. The number of carbonyl (C=O) groups is 2. The zero-order chi connectivity index (χ0) is 24.6. The van der Waals surface area contributed by atoms with Crippen LogP contribution in [0, 0.1) is 34.9 Å². The molecule has 34 heavy (non-hydrogen) atoms. The topological polar surface area (TPSA) is 52.6 Å². The van der Waals surface area contributed by atoms with E-state index in [-0.39, 0.29) is 22.1 Å². The Balaban J connectivity index is 1.60. The quantitative estimate of drug-likeness (QED) is 0.203. The molecule has 0 atom stereocenters. The van der Waals surface area contributed by atoms with Gasteiger partial charge in [-0.3, -0.25) is 0 Å². The number of halogens is 6. The summed E-state index contributed by atoms with van der Waals surface area (Å²) in [4.78, 5) is 24.3. The lowest BCUT2D eigenvalue weighted by Gasteiger charge is -2.10. The first-order valence-corrected chi connectivity index (χ1v) is 9.40. The van der Waals surface area contributed by atoms with Crippen LogP contribution in [-0.2, 0) is 0 Å². The molecule has 0 radical (unpaired) electrons. The second-order valence-electron chi connectivity index (χ2n) is 6.92. The van der Waals surface area contributed by atoms with E-state index in [1.807, 2.05) is 0 Å². The van der Waals surface area contributed by atoms with Crippen molar-refractivity contribution in [3.05, 3.63) is 107 Å². The van der Waals surface area contributed by atoms with E-state index in [0.717, 1.165) is 30.3 Å². The number of hydrogen-bond acceptors (Lipinski definition) is 4. The van der Waals surface area contributed by atoms with E-state index in [1.165, 1.54) is 12.1 Å². The summed E-state index contributed by atoms with van der Waals surface area (Å²) in [6.07, 6.45) is 0. The second kappa shape index (κ2) is 8.89. The summed E-state index contributed by atoms with van der Waals surface area (Å²) >= 11 is 0. The van der Waals surface area contributed by atoms with Crippen molar-refractivity contribution in [2.24, 2.45) is 0 Å². The lowest BCUT2D eigenvalue weighted by atomic mass is 10.1. The molecule has 4 nitrogen and oxygen atoms in total. The summed E-state index contributed by atoms with van der Waals surface area (Å²) in [5.74, 6) is -11.4. The predicted molar refractivity (Wildman–Crippen MR) is 106 cm³/mol. The van der Waals surface area contributed by atoms with E-state index in [1.54, 1.807) is 0 Å². The average Bonchev–Trinajstić information content (AvgIpc) is 2.81. The van der Waals surface area contributed by atoms with Gasteiger partial charge >= 0.3 is 11.9 Å². The molecule has 0 aliphatic heterocycles. The van der Waals surface area contributed by atoms with Crippen molar-refractivity contribution in [2.75, 3.05) is 0 Å². The molecule has 172 valence electrons. The van der Waals surface area contributed by atoms with Gasteiger partial charge in [0.25, 0.3) is 0 Å². The van der Waals surface area contributed by atoms with Crippen LogP contribution in [0.2, 0.25) is 0 Å². The van der Waals surface area contributed by atoms with E-state index in [0.29, 0.717) is 18.2 Å². The summed E-state index contributed by atoms with van der Waals surface area (Å²) in [6.45, 7) is 0. The van der Waals surface area contributed by atoms with Gasteiger partial charge in [-0.1, -0.05) is 6.07 Å². The zero-order valence-corrected chi connectivity index (χ0v) is 16.7. The van der Waals surface area contributed by atoms with E-state index >= 15 is 0 Å². The van der Waals surface area contributed by atoms with E-state index in [2.05, 4.69) is 0 Å². The molecule has 0 aromatic heterocycles. The van der Waals surface area contributed by atoms with Crippen LogP contribution in [0.3, 0.4) is 0 Å². The Morgan fingerprint density at radius 2 is 1.12 bits per heavy atom. The average molecular weight is 476 g/mol. The third-order valence-electron chi connectivity index (χ3n) is 4.68. The normalized spacial score (nSPS) is 10.9. The summed E-state index contributed by atoms with van der Waals surface area (Å²) in [7, 11) is 0. The van der Waals surface area contributed by atoms with Crippen LogP contribution < -0.4 is 9.47 Å². The molecule has 4 aromatic rings. The van der Waals surface area contributed by atoms with Gasteiger partial charge in [-0.05, 0) is 60.0 Å². The number of ether oxygens (including phenoxy) is 2. The van der Waals surface area contributed by atoms with Crippen LogP contribution in [-0.4, -0.2) is 11.9 Å².